The van der Waals surface area contributed by atoms with Crippen molar-refractivity contribution < 1.29 is 39.3 Å². The monoisotopic (exact) mass is 580 g/mol. The molecule has 0 aliphatic heterocycles. The Morgan fingerprint density at radius 2 is 1.31 bits per heavy atom. The highest BCUT2D eigenvalue weighted by Gasteiger charge is 2.31. The van der Waals surface area contributed by atoms with Gasteiger partial charge in [-0.1, -0.05) is 42.5 Å². The minimum Gasteiger partial charge on any atom is -0.508 e. The summed E-state index contributed by atoms with van der Waals surface area (Å²) in [6.07, 6.45) is 1.93. The van der Waals surface area contributed by atoms with Crippen LogP contribution in [-0.4, -0.2) is 79.1 Å². The molecule has 0 saturated heterocycles. The molecule has 1 aromatic heterocycles. The Labute approximate surface area is 240 Å². The summed E-state index contributed by atoms with van der Waals surface area (Å²) in [5.41, 5.74) is 7.36. The number of hydrogen-bond donors (Lipinski definition) is 8. The predicted molar refractivity (Wildman–Crippen MR) is 148 cm³/mol. The Morgan fingerprint density at radius 3 is 1.83 bits per heavy atom. The van der Waals surface area contributed by atoms with Crippen molar-refractivity contribution in [3.8, 4) is 5.75 Å². The van der Waals surface area contributed by atoms with Gasteiger partial charge < -0.3 is 42.0 Å². The van der Waals surface area contributed by atoms with Gasteiger partial charge in [0.2, 0.25) is 17.7 Å². The average molecular weight is 581 g/mol. The molecule has 9 N–H and O–H groups in total. The van der Waals surface area contributed by atoms with Gasteiger partial charge in [-0.25, -0.2) is 9.78 Å². The van der Waals surface area contributed by atoms with Gasteiger partial charge in [0.05, 0.1) is 18.8 Å². The van der Waals surface area contributed by atoms with E-state index in [1.807, 2.05) is 0 Å². The van der Waals surface area contributed by atoms with Crippen LogP contribution in [0.1, 0.15) is 23.2 Å². The molecule has 3 aromatic rings. The van der Waals surface area contributed by atoms with Gasteiger partial charge in [0, 0.05) is 31.2 Å². The van der Waals surface area contributed by atoms with E-state index < -0.39 is 60.2 Å². The zero-order chi connectivity index (χ0) is 30.6. The molecule has 3 rings (SSSR count). The molecular formula is C28H32N6O8. The highest BCUT2D eigenvalue weighted by molar-refractivity contribution is 5.95. The molecule has 0 spiro atoms. The number of nitrogens with one attached hydrogen (secondary N) is 4. The minimum atomic E-state index is -1.43. The van der Waals surface area contributed by atoms with Crippen LogP contribution in [0.5, 0.6) is 5.75 Å². The third-order valence-corrected chi connectivity index (χ3v) is 6.25. The number of carboxylic acids is 2. The van der Waals surface area contributed by atoms with Crippen molar-refractivity contribution in [1.82, 2.24) is 25.9 Å². The maximum atomic E-state index is 13.5. The predicted octanol–water partition coefficient (Wildman–Crippen LogP) is -0.516. The number of benzene rings is 2. The topological polar surface area (TPSA) is 237 Å². The summed E-state index contributed by atoms with van der Waals surface area (Å²) in [6, 6.07) is 9.20. The number of aromatic hydroxyl groups is 1. The summed E-state index contributed by atoms with van der Waals surface area (Å²) in [7, 11) is 0. The highest BCUT2D eigenvalue weighted by Crippen LogP contribution is 2.13. The number of phenols is 1. The smallest absolute Gasteiger partial charge is 0.326 e. The van der Waals surface area contributed by atoms with E-state index in [2.05, 4.69) is 25.9 Å². The van der Waals surface area contributed by atoms with Gasteiger partial charge in [0.25, 0.3) is 0 Å². The Kier molecular flexibility index (Phi) is 11.1. The van der Waals surface area contributed by atoms with Crippen LogP contribution in [0.3, 0.4) is 0 Å². The molecule has 0 aliphatic carbocycles. The number of carbonyl (C=O) groups is 5. The van der Waals surface area contributed by atoms with Crippen molar-refractivity contribution in [2.24, 2.45) is 5.73 Å². The maximum Gasteiger partial charge on any atom is 0.326 e. The number of aromatic nitrogens is 2. The van der Waals surface area contributed by atoms with E-state index in [4.69, 9.17) is 10.8 Å². The van der Waals surface area contributed by atoms with Gasteiger partial charge in [-0.15, -0.1) is 0 Å². The van der Waals surface area contributed by atoms with E-state index in [9.17, 15) is 34.2 Å². The Bertz CT molecular complexity index is 1360. The van der Waals surface area contributed by atoms with Crippen LogP contribution in [0.25, 0.3) is 0 Å². The zero-order valence-corrected chi connectivity index (χ0v) is 22.4. The lowest BCUT2D eigenvalue weighted by atomic mass is 10.0. The van der Waals surface area contributed by atoms with Crippen LogP contribution < -0.4 is 21.7 Å². The lowest BCUT2D eigenvalue weighted by molar-refractivity contribution is -0.142. The van der Waals surface area contributed by atoms with E-state index in [1.54, 1.807) is 30.3 Å². The fourth-order valence-corrected chi connectivity index (χ4v) is 4.06. The standard InChI is InChI=1S/C28H32N6O8/c29-20(13-24(36)37)25(38)32-21(10-16-4-2-1-3-5-16)26(39)33-22(11-17-6-8-19(35)9-7-17)27(40)34-23(28(41)42)12-18-14-30-15-31-18/h1-9,14-15,20-23,35H,10-13,29H2,(H,30,31)(H,32,38)(H,33,39)(H,34,40)(H,36,37)(H,41,42). The molecule has 14 heteroatoms. The molecule has 0 saturated carbocycles. The first-order valence-corrected chi connectivity index (χ1v) is 12.9. The summed E-state index contributed by atoms with van der Waals surface area (Å²) in [5.74, 6) is -5.09. The van der Waals surface area contributed by atoms with Gasteiger partial charge in [-0.3, -0.25) is 19.2 Å². The number of phenolic OH excluding ortho intramolecular Hbond substituents is 1. The number of H-pyrrole nitrogens is 1. The molecule has 3 amide bonds. The first-order chi connectivity index (χ1) is 20.0. The van der Waals surface area contributed by atoms with Crippen molar-refractivity contribution in [2.75, 3.05) is 0 Å². The number of amides is 3. The molecule has 0 bridgehead atoms. The van der Waals surface area contributed by atoms with E-state index in [0.29, 0.717) is 16.8 Å². The number of nitrogens with zero attached hydrogens (tertiary/aromatic N) is 1. The van der Waals surface area contributed by atoms with Crippen molar-refractivity contribution in [1.29, 1.82) is 0 Å². The fourth-order valence-electron chi connectivity index (χ4n) is 4.06. The van der Waals surface area contributed by atoms with Crippen LogP contribution in [-0.2, 0) is 43.2 Å². The third-order valence-electron chi connectivity index (χ3n) is 6.25. The van der Waals surface area contributed by atoms with Crippen LogP contribution in [0, 0.1) is 0 Å². The number of carboxylic acid groups (broad SMARTS) is 2. The maximum absolute atomic E-state index is 13.5. The van der Waals surface area contributed by atoms with E-state index in [0.717, 1.165) is 0 Å². The van der Waals surface area contributed by atoms with Crippen LogP contribution in [0.2, 0.25) is 0 Å². The molecule has 4 atom stereocenters. The molecule has 1 heterocycles. The number of rotatable bonds is 15. The second kappa shape index (κ2) is 14.9. The molecule has 0 radical (unpaired) electrons. The van der Waals surface area contributed by atoms with Crippen LogP contribution in [0.15, 0.2) is 67.1 Å². The molecule has 4 unspecified atom stereocenters. The lowest BCUT2D eigenvalue weighted by Crippen LogP contribution is -2.58. The summed E-state index contributed by atoms with van der Waals surface area (Å²) in [6.45, 7) is 0. The molecule has 222 valence electrons. The van der Waals surface area contributed by atoms with Gasteiger partial charge in [0.1, 0.15) is 23.9 Å². The van der Waals surface area contributed by atoms with Gasteiger partial charge >= 0.3 is 11.9 Å². The third kappa shape index (κ3) is 9.75. The fraction of sp³-hybridized carbons (Fsp3) is 0.286. The molecular weight excluding hydrogens is 548 g/mol. The number of carbonyl (C=O) groups excluding carboxylic acids is 3. The second-order valence-electron chi connectivity index (χ2n) is 9.57. The minimum absolute atomic E-state index is 0.0106. The van der Waals surface area contributed by atoms with Gasteiger partial charge in [0.15, 0.2) is 0 Å². The van der Waals surface area contributed by atoms with E-state index in [-0.39, 0.29) is 25.0 Å². The quantitative estimate of drug-likeness (QED) is 0.114. The van der Waals surface area contributed by atoms with Crippen molar-refractivity contribution >= 4 is 29.7 Å². The Hall–Kier alpha value is -5.24. The van der Waals surface area contributed by atoms with Crippen molar-refractivity contribution in [3.05, 3.63) is 83.9 Å². The summed E-state index contributed by atoms with van der Waals surface area (Å²) in [5, 5.41) is 35.8. The van der Waals surface area contributed by atoms with Crippen LogP contribution in [0.4, 0.5) is 0 Å². The van der Waals surface area contributed by atoms with E-state index >= 15 is 0 Å². The number of imidazole rings is 1. The van der Waals surface area contributed by atoms with Crippen molar-refractivity contribution in [2.45, 2.75) is 49.9 Å². The van der Waals surface area contributed by atoms with Gasteiger partial charge in [-0.05, 0) is 23.3 Å². The normalized spacial score (nSPS) is 13.6. The summed E-state index contributed by atoms with van der Waals surface area (Å²) >= 11 is 0. The first-order valence-electron chi connectivity index (χ1n) is 12.9. The average Bonchev–Trinajstić information content (AvgIpc) is 3.46. The summed E-state index contributed by atoms with van der Waals surface area (Å²) < 4.78 is 0. The number of aliphatic carboxylic acids is 2. The summed E-state index contributed by atoms with van der Waals surface area (Å²) in [4.78, 5) is 69.1. The zero-order valence-electron chi connectivity index (χ0n) is 22.4. The Morgan fingerprint density at radius 1 is 0.762 bits per heavy atom. The number of aromatic amines is 1. The molecule has 0 aliphatic rings. The SMILES string of the molecule is NC(CC(=O)O)C(=O)NC(Cc1ccccc1)C(=O)NC(Cc1ccc(O)cc1)C(=O)NC(Cc1cnc[nH]1)C(=O)O. The molecule has 0 fully saturated rings. The Balaban J connectivity index is 1.85. The van der Waals surface area contributed by atoms with Crippen LogP contribution >= 0.6 is 0 Å². The van der Waals surface area contributed by atoms with Gasteiger partial charge in [-0.2, -0.15) is 0 Å². The number of hydrogen-bond acceptors (Lipinski definition) is 8. The second-order valence-corrected chi connectivity index (χ2v) is 9.57. The largest absolute Gasteiger partial charge is 0.508 e. The first kappa shape index (κ1) is 31.3. The molecule has 14 nitrogen and oxygen atoms in total. The lowest BCUT2D eigenvalue weighted by Gasteiger charge is -2.25. The molecule has 42 heavy (non-hydrogen) atoms. The highest BCUT2D eigenvalue weighted by atomic mass is 16.4. The molecule has 2 aromatic carbocycles. The number of nitrogens with two attached hydrogens (primary N) is 1. The van der Waals surface area contributed by atoms with Crippen molar-refractivity contribution in [3.63, 3.8) is 0 Å². The van der Waals surface area contributed by atoms with E-state index in [1.165, 1.54) is 36.8 Å².